The van der Waals surface area contributed by atoms with Crippen LogP contribution in [0.15, 0.2) is 0 Å². The largest absolute Gasteiger partial charge is 0.381 e. The standard InChI is InChI=1S/C13H24O/c1-14-13-10-6-5-9-12(13)11-7-3-2-4-8-11/h11-13H,2-10H2,1H3/t12-,13+/m0/s1. The van der Waals surface area contributed by atoms with Crippen LogP contribution in [0.4, 0.5) is 0 Å². The molecule has 0 aromatic heterocycles. The third kappa shape index (κ3) is 2.31. The van der Waals surface area contributed by atoms with Crippen molar-refractivity contribution < 1.29 is 4.74 Å². The van der Waals surface area contributed by atoms with Crippen LogP contribution in [0.5, 0.6) is 0 Å². The first-order chi connectivity index (χ1) is 6.92. The monoisotopic (exact) mass is 196 g/mol. The van der Waals surface area contributed by atoms with Crippen LogP contribution in [0.2, 0.25) is 0 Å². The summed E-state index contributed by atoms with van der Waals surface area (Å²) in [4.78, 5) is 0. The predicted molar refractivity (Wildman–Crippen MR) is 59.3 cm³/mol. The van der Waals surface area contributed by atoms with E-state index in [2.05, 4.69) is 0 Å². The lowest BCUT2D eigenvalue weighted by atomic mass is 9.72. The smallest absolute Gasteiger partial charge is 0.0602 e. The van der Waals surface area contributed by atoms with E-state index >= 15 is 0 Å². The van der Waals surface area contributed by atoms with E-state index in [1.807, 2.05) is 7.11 Å². The van der Waals surface area contributed by atoms with Crippen molar-refractivity contribution in [3.63, 3.8) is 0 Å². The molecule has 2 aliphatic rings. The molecule has 1 heteroatoms. The normalized spacial score (nSPS) is 35.8. The summed E-state index contributed by atoms with van der Waals surface area (Å²) in [5.41, 5.74) is 0. The Bertz CT molecular complexity index is 161. The van der Waals surface area contributed by atoms with Crippen molar-refractivity contribution in [3.05, 3.63) is 0 Å². The van der Waals surface area contributed by atoms with Crippen molar-refractivity contribution in [2.45, 2.75) is 63.9 Å². The number of hydrogen-bond donors (Lipinski definition) is 0. The highest BCUT2D eigenvalue weighted by Gasteiger charge is 2.32. The van der Waals surface area contributed by atoms with Gasteiger partial charge in [-0.05, 0) is 24.7 Å². The topological polar surface area (TPSA) is 9.23 Å². The summed E-state index contributed by atoms with van der Waals surface area (Å²) in [6, 6.07) is 0. The van der Waals surface area contributed by atoms with Crippen LogP contribution in [0.25, 0.3) is 0 Å². The average Bonchev–Trinajstić information content (AvgIpc) is 2.30. The van der Waals surface area contributed by atoms with Crippen LogP contribution >= 0.6 is 0 Å². The van der Waals surface area contributed by atoms with Gasteiger partial charge >= 0.3 is 0 Å². The summed E-state index contributed by atoms with van der Waals surface area (Å²) in [7, 11) is 1.91. The van der Waals surface area contributed by atoms with E-state index in [0.717, 1.165) is 11.8 Å². The Hall–Kier alpha value is -0.0400. The van der Waals surface area contributed by atoms with Crippen LogP contribution in [0.1, 0.15) is 57.8 Å². The van der Waals surface area contributed by atoms with E-state index in [9.17, 15) is 0 Å². The van der Waals surface area contributed by atoms with Crippen LogP contribution in [0, 0.1) is 11.8 Å². The summed E-state index contributed by atoms with van der Waals surface area (Å²) >= 11 is 0. The third-order valence-electron chi connectivity index (χ3n) is 4.31. The quantitative estimate of drug-likeness (QED) is 0.653. The number of rotatable bonds is 2. The Morgan fingerprint density at radius 1 is 0.786 bits per heavy atom. The van der Waals surface area contributed by atoms with Gasteiger partial charge in [0.1, 0.15) is 0 Å². The molecule has 2 atom stereocenters. The molecule has 0 heterocycles. The van der Waals surface area contributed by atoms with Crippen molar-refractivity contribution in [2.75, 3.05) is 7.11 Å². The molecule has 0 bridgehead atoms. The predicted octanol–water partition coefficient (Wildman–Crippen LogP) is 3.77. The fourth-order valence-electron chi connectivity index (χ4n) is 3.52. The Morgan fingerprint density at radius 3 is 2.14 bits per heavy atom. The maximum atomic E-state index is 5.66. The van der Waals surface area contributed by atoms with Gasteiger partial charge in [-0.15, -0.1) is 0 Å². The minimum Gasteiger partial charge on any atom is -0.381 e. The van der Waals surface area contributed by atoms with Gasteiger partial charge in [-0.25, -0.2) is 0 Å². The Balaban J connectivity index is 1.91. The Morgan fingerprint density at radius 2 is 1.43 bits per heavy atom. The maximum absolute atomic E-state index is 5.66. The summed E-state index contributed by atoms with van der Waals surface area (Å²) < 4.78 is 5.66. The van der Waals surface area contributed by atoms with Crippen molar-refractivity contribution in [1.82, 2.24) is 0 Å². The molecule has 0 spiro atoms. The van der Waals surface area contributed by atoms with Crippen molar-refractivity contribution in [3.8, 4) is 0 Å². The first-order valence-corrected chi connectivity index (χ1v) is 6.44. The van der Waals surface area contributed by atoms with Gasteiger partial charge in [0.2, 0.25) is 0 Å². The highest BCUT2D eigenvalue weighted by molar-refractivity contribution is 4.83. The fourth-order valence-corrected chi connectivity index (χ4v) is 3.52. The zero-order valence-electron chi connectivity index (χ0n) is 9.50. The van der Waals surface area contributed by atoms with Gasteiger partial charge in [-0.2, -0.15) is 0 Å². The molecule has 2 rings (SSSR count). The molecule has 1 nitrogen and oxygen atoms in total. The highest BCUT2D eigenvalue weighted by atomic mass is 16.5. The lowest BCUT2D eigenvalue weighted by Gasteiger charge is -2.38. The summed E-state index contributed by atoms with van der Waals surface area (Å²) in [5.74, 6) is 1.89. The molecule has 0 N–H and O–H groups in total. The minimum atomic E-state index is 0.590. The van der Waals surface area contributed by atoms with Gasteiger partial charge in [-0.3, -0.25) is 0 Å². The average molecular weight is 196 g/mol. The van der Waals surface area contributed by atoms with Gasteiger partial charge in [0, 0.05) is 7.11 Å². The van der Waals surface area contributed by atoms with Gasteiger partial charge in [0.25, 0.3) is 0 Å². The lowest BCUT2D eigenvalue weighted by Crippen LogP contribution is -2.33. The summed E-state index contributed by atoms with van der Waals surface area (Å²) in [5, 5.41) is 0. The summed E-state index contributed by atoms with van der Waals surface area (Å²) in [6.45, 7) is 0. The van der Waals surface area contributed by atoms with Crippen LogP contribution < -0.4 is 0 Å². The molecule has 2 fully saturated rings. The number of methoxy groups -OCH3 is 1. The molecule has 0 saturated heterocycles. The molecule has 0 amide bonds. The second-order valence-corrected chi connectivity index (χ2v) is 5.12. The molecule has 2 saturated carbocycles. The zero-order valence-corrected chi connectivity index (χ0v) is 9.50. The van der Waals surface area contributed by atoms with E-state index in [1.54, 1.807) is 0 Å². The highest BCUT2D eigenvalue weighted by Crippen LogP contribution is 2.39. The zero-order chi connectivity index (χ0) is 9.80. The number of hydrogen-bond acceptors (Lipinski definition) is 1. The first kappa shape index (κ1) is 10.5. The molecular weight excluding hydrogens is 172 g/mol. The molecule has 0 aromatic rings. The molecule has 82 valence electrons. The van der Waals surface area contributed by atoms with Gasteiger partial charge in [0.05, 0.1) is 6.10 Å². The second-order valence-electron chi connectivity index (χ2n) is 5.12. The van der Waals surface area contributed by atoms with Crippen LogP contribution in [-0.4, -0.2) is 13.2 Å². The molecule has 0 unspecified atom stereocenters. The van der Waals surface area contributed by atoms with Crippen LogP contribution in [-0.2, 0) is 4.74 Å². The fraction of sp³-hybridized carbons (Fsp3) is 1.00. The van der Waals surface area contributed by atoms with E-state index in [-0.39, 0.29) is 0 Å². The minimum absolute atomic E-state index is 0.590. The molecule has 0 radical (unpaired) electrons. The van der Waals surface area contributed by atoms with Crippen molar-refractivity contribution in [1.29, 1.82) is 0 Å². The Labute approximate surface area is 88.2 Å². The second kappa shape index (κ2) is 5.16. The van der Waals surface area contributed by atoms with Gasteiger partial charge in [-0.1, -0.05) is 44.9 Å². The van der Waals surface area contributed by atoms with Crippen molar-refractivity contribution in [2.24, 2.45) is 11.8 Å². The van der Waals surface area contributed by atoms with E-state index in [4.69, 9.17) is 4.74 Å². The van der Waals surface area contributed by atoms with E-state index in [1.165, 1.54) is 57.8 Å². The van der Waals surface area contributed by atoms with E-state index in [0.29, 0.717) is 6.10 Å². The summed E-state index contributed by atoms with van der Waals surface area (Å²) in [6.07, 6.45) is 13.5. The van der Waals surface area contributed by atoms with Gasteiger partial charge in [0.15, 0.2) is 0 Å². The SMILES string of the molecule is CO[C@@H]1CCCC[C@H]1C1CCCCC1. The first-order valence-electron chi connectivity index (χ1n) is 6.44. The Kier molecular flexibility index (Phi) is 3.86. The maximum Gasteiger partial charge on any atom is 0.0602 e. The molecule has 14 heavy (non-hydrogen) atoms. The molecule has 0 aromatic carbocycles. The van der Waals surface area contributed by atoms with Crippen LogP contribution in [0.3, 0.4) is 0 Å². The van der Waals surface area contributed by atoms with Crippen molar-refractivity contribution >= 4 is 0 Å². The molecule has 2 aliphatic carbocycles. The number of ether oxygens (including phenoxy) is 1. The molecular formula is C13H24O. The molecule has 0 aliphatic heterocycles. The van der Waals surface area contributed by atoms with E-state index < -0.39 is 0 Å². The lowest BCUT2D eigenvalue weighted by molar-refractivity contribution is -0.00901. The van der Waals surface area contributed by atoms with Gasteiger partial charge < -0.3 is 4.74 Å². The third-order valence-corrected chi connectivity index (χ3v) is 4.31.